The van der Waals surface area contributed by atoms with Gasteiger partial charge in [0.2, 0.25) is 0 Å². The third kappa shape index (κ3) is 4.60. The fourth-order valence-corrected chi connectivity index (χ4v) is 9.27. The Bertz CT molecular complexity index is 930. The van der Waals surface area contributed by atoms with E-state index in [1.54, 1.807) is 7.11 Å². The van der Waals surface area contributed by atoms with Crippen LogP contribution in [0.2, 0.25) is 0 Å². The zero-order valence-corrected chi connectivity index (χ0v) is 21.3. The number of hydrogen-bond donors (Lipinski definition) is 0. The van der Waals surface area contributed by atoms with E-state index in [-0.39, 0.29) is 16.6 Å². The number of Topliss-reactive ketones (excluding diaryl/α,β-unsaturated/α-hetero) is 1. The molecule has 0 aromatic heterocycles. The standard InChI is InChI=1S/C25H33NO2Te/c1-24(2,3)19-13-17(14-20(23(19)27)25(4,5)6)11-12-29-16-26(7)21-15-18(28-8)9-10-22(21)29/h9-15H,16H2,1-8H3. The molecule has 2 aliphatic rings. The van der Waals surface area contributed by atoms with Crippen LogP contribution in [0.5, 0.6) is 5.75 Å². The van der Waals surface area contributed by atoms with Crippen molar-refractivity contribution in [3.05, 3.63) is 53.1 Å². The average Bonchev–Trinajstić information content (AvgIpc) is 2.94. The maximum atomic E-state index is 13.1. The molecule has 0 radical (unpaired) electrons. The third-order valence-corrected chi connectivity index (χ3v) is 11.2. The molecule has 0 unspecified atom stereocenters. The molecule has 0 atom stereocenters. The van der Waals surface area contributed by atoms with E-state index in [0.29, 0.717) is 0 Å². The normalized spacial score (nSPS) is 19.9. The fourth-order valence-electron chi connectivity index (χ4n) is 3.63. The number of methoxy groups -OCH3 is 1. The number of carbonyl (C=O) groups excluding carboxylic acids is 1. The summed E-state index contributed by atoms with van der Waals surface area (Å²) in [7, 11) is 3.88. The Morgan fingerprint density at radius 2 is 1.62 bits per heavy atom. The zero-order valence-electron chi connectivity index (χ0n) is 18.9. The van der Waals surface area contributed by atoms with Crippen LogP contribution in [0.25, 0.3) is 0 Å². The first-order valence-corrected chi connectivity index (χ1v) is 14.2. The summed E-state index contributed by atoms with van der Waals surface area (Å²) in [5.41, 5.74) is 3.92. The van der Waals surface area contributed by atoms with Crippen molar-refractivity contribution in [2.75, 3.05) is 23.7 Å². The van der Waals surface area contributed by atoms with Gasteiger partial charge in [-0.25, -0.2) is 0 Å². The minimum atomic E-state index is -1.61. The van der Waals surface area contributed by atoms with Crippen LogP contribution in [-0.2, 0) is 4.79 Å². The van der Waals surface area contributed by atoms with Gasteiger partial charge in [-0.2, -0.15) is 0 Å². The minimum absolute atomic E-state index is 0.169. The first kappa shape index (κ1) is 22.1. The van der Waals surface area contributed by atoms with Gasteiger partial charge in [-0.15, -0.1) is 0 Å². The van der Waals surface area contributed by atoms with E-state index in [0.717, 1.165) is 27.1 Å². The van der Waals surface area contributed by atoms with Crippen molar-refractivity contribution in [1.29, 1.82) is 0 Å². The second-order valence-corrected chi connectivity index (χ2v) is 15.1. The molecule has 0 amide bonds. The summed E-state index contributed by atoms with van der Waals surface area (Å²) < 4.78 is 10.4. The van der Waals surface area contributed by atoms with Crippen LogP contribution in [0.15, 0.2) is 53.1 Å². The quantitative estimate of drug-likeness (QED) is 0.562. The summed E-state index contributed by atoms with van der Waals surface area (Å²) in [5, 5.41) is 0. The van der Waals surface area contributed by atoms with Crippen molar-refractivity contribution in [2.24, 2.45) is 10.8 Å². The van der Waals surface area contributed by atoms with E-state index >= 15 is 0 Å². The average molecular weight is 507 g/mol. The van der Waals surface area contributed by atoms with Gasteiger partial charge >= 0.3 is 183 Å². The molecule has 1 aromatic rings. The summed E-state index contributed by atoms with van der Waals surface area (Å²) in [6, 6.07) is 6.45. The molecule has 0 saturated carbocycles. The zero-order chi connectivity index (χ0) is 21.6. The number of anilines is 1. The molecule has 3 nitrogen and oxygen atoms in total. The Morgan fingerprint density at radius 1 is 1.03 bits per heavy atom. The number of ether oxygens (including phenoxy) is 1. The molecule has 4 heteroatoms. The number of benzene rings is 1. The number of fused-ring (bicyclic) bond motifs is 1. The van der Waals surface area contributed by atoms with E-state index in [4.69, 9.17) is 4.74 Å². The molecule has 156 valence electrons. The van der Waals surface area contributed by atoms with Gasteiger partial charge in [-0.3, -0.25) is 0 Å². The van der Waals surface area contributed by atoms with Crippen LogP contribution >= 0.6 is 0 Å². The van der Waals surface area contributed by atoms with E-state index < -0.39 is 19.1 Å². The molecule has 29 heavy (non-hydrogen) atoms. The number of rotatable bonds is 2. The van der Waals surface area contributed by atoms with Gasteiger partial charge in [0, 0.05) is 0 Å². The molecular formula is C25H33NO2Te. The molecule has 1 aliphatic carbocycles. The molecular weight excluding hydrogens is 474 g/mol. The SMILES string of the molecule is COc1ccc2c(c1)N(C)C[Te]2=CC=C1C=C(C(C)(C)C)C(=O)C(C(C)(C)C)=C1. The summed E-state index contributed by atoms with van der Waals surface area (Å²) >= 11 is -1.61. The third-order valence-electron chi connectivity index (χ3n) is 5.34. The van der Waals surface area contributed by atoms with Gasteiger partial charge in [0.15, 0.2) is 0 Å². The number of hydrogen-bond acceptors (Lipinski definition) is 3. The summed E-state index contributed by atoms with van der Waals surface area (Å²) in [6.07, 6.45) is 6.45. The van der Waals surface area contributed by atoms with Crippen LogP contribution in [0, 0.1) is 10.8 Å². The van der Waals surface area contributed by atoms with Gasteiger partial charge in [-0.05, 0) is 0 Å². The molecule has 1 aromatic carbocycles. The van der Waals surface area contributed by atoms with Crippen molar-refractivity contribution >= 4 is 38.2 Å². The number of ketones is 1. The first-order chi connectivity index (χ1) is 13.4. The van der Waals surface area contributed by atoms with Crippen molar-refractivity contribution in [3.63, 3.8) is 0 Å². The van der Waals surface area contributed by atoms with Crippen LogP contribution in [0.4, 0.5) is 5.69 Å². The van der Waals surface area contributed by atoms with E-state index in [9.17, 15) is 4.79 Å². The van der Waals surface area contributed by atoms with E-state index in [1.807, 2.05) is 0 Å². The summed E-state index contributed by atoms with van der Waals surface area (Å²) in [5.74, 6) is 1.11. The second-order valence-electron chi connectivity index (χ2n) is 9.84. The number of nitrogens with zero attached hydrogens (tertiary/aromatic N) is 1. The Labute approximate surface area is 182 Å². The first-order valence-electron chi connectivity index (χ1n) is 10.0. The fraction of sp³-hybridized carbons (Fsp3) is 0.440. The predicted octanol–water partition coefficient (Wildman–Crippen LogP) is 4.22. The van der Waals surface area contributed by atoms with Crippen LogP contribution in [0.3, 0.4) is 0 Å². The van der Waals surface area contributed by atoms with Gasteiger partial charge < -0.3 is 0 Å². The van der Waals surface area contributed by atoms with Crippen molar-refractivity contribution in [2.45, 2.75) is 41.5 Å². The maximum absolute atomic E-state index is 13.1. The molecule has 1 heterocycles. The van der Waals surface area contributed by atoms with E-state index in [1.165, 1.54) is 9.30 Å². The summed E-state index contributed by atoms with van der Waals surface area (Å²) in [6.45, 7) is 12.7. The van der Waals surface area contributed by atoms with Crippen LogP contribution < -0.4 is 13.2 Å². The van der Waals surface area contributed by atoms with Gasteiger partial charge in [0.1, 0.15) is 0 Å². The Morgan fingerprint density at radius 3 is 2.14 bits per heavy atom. The van der Waals surface area contributed by atoms with Crippen LogP contribution in [0.1, 0.15) is 41.5 Å². The molecule has 0 N–H and O–H groups in total. The monoisotopic (exact) mass is 509 g/mol. The van der Waals surface area contributed by atoms with Gasteiger partial charge in [-0.1, -0.05) is 0 Å². The van der Waals surface area contributed by atoms with Crippen molar-refractivity contribution in [3.8, 4) is 5.75 Å². The van der Waals surface area contributed by atoms with Crippen LogP contribution in [-0.4, -0.2) is 47.7 Å². The molecule has 0 saturated heterocycles. The molecule has 3 rings (SSSR count). The Hall–Kier alpha value is -1.63. The second kappa shape index (κ2) is 7.89. The predicted molar refractivity (Wildman–Crippen MR) is 126 cm³/mol. The topological polar surface area (TPSA) is 29.5 Å². The van der Waals surface area contributed by atoms with Gasteiger partial charge in [0.05, 0.1) is 0 Å². The summed E-state index contributed by atoms with van der Waals surface area (Å²) in [4.78, 5) is 15.5. The molecule has 0 fully saturated rings. The molecule has 0 bridgehead atoms. The number of allylic oxidation sites excluding steroid dienone is 6. The Kier molecular flexibility index (Phi) is 6.01. The van der Waals surface area contributed by atoms with Crippen molar-refractivity contribution < 1.29 is 9.53 Å². The number of carbonyl (C=O) groups is 1. The van der Waals surface area contributed by atoms with Crippen molar-refractivity contribution in [1.82, 2.24) is 0 Å². The molecule has 0 spiro atoms. The Balaban J connectivity index is 2.05. The molecule has 1 aliphatic heterocycles. The van der Waals surface area contributed by atoms with Gasteiger partial charge in [0.25, 0.3) is 0 Å². The van der Waals surface area contributed by atoms with E-state index in [2.05, 4.69) is 94.0 Å².